The van der Waals surface area contributed by atoms with Crippen LogP contribution < -0.4 is 4.74 Å². The molecule has 0 amide bonds. The van der Waals surface area contributed by atoms with Crippen LogP contribution in [0.25, 0.3) is 0 Å². The van der Waals surface area contributed by atoms with Crippen LogP contribution in [-0.2, 0) is 6.42 Å². The fourth-order valence-electron chi connectivity index (χ4n) is 0.963. The lowest BCUT2D eigenvalue weighted by Crippen LogP contribution is -1.95. The smallest absolute Gasteiger partial charge is 0.232 e. The minimum Gasteiger partial charge on any atom is -0.480 e. The van der Waals surface area contributed by atoms with E-state index in [1.165, 1.54) is 6.42 Å². The summed E-state index contributed by atoms with van der Waals surface area (Å²) in [6.45, 7) is 2.16. The molecule has 0 bridgehead atoms. The van der Waals surface area contributed by atoms with E-state index < -0.39 is 0 Å². The van der Waals surface area contributed by atoms with Gasteiger partial charge in [-0.2, -0.15) is 0 Å². The molecule has 1 heterocycles. The highest BCUT2D eigenvalue weighted by Gasteiger charge is 1.96. The quantitative estimate of drug-likeness (QED) is 0.684. The molecule has 0 radical (unpaired) electrons. The first kappa shape index (κ1) is 8.97. The van der Waals surface area contributed by atoms with E-state index in [2.05, 4.69) is 16.9 Å². The summed E-state index contributed by atoms with van der Waals surface area (Å²) in [5, 5.41) is 0. The van der Waals surface area contributed by atoms with Gasteiger partial charge in [-0.1, -0.05) is 13.3 Å². The highest BCUT2D eigenvalue weighted by Crippen LogP contribution is 2.06. The highest BCUT2D eigenvalue weighted by atomic mass is 16.5. The number of aromatic nitrogens is 2. The van der Waals surface area contributed by atoms with Crippen LogP contribution in [0.4, 0.5) is 0 Å². The van der Waals surface area contributed by atoms with Crippen molar-refractivity contribution in [2.75, 3.05) is 7.11 Å². The third-order valence-electron chi connectivity index (χ3n) is 1.66. The summed E-state index contributed by atoms with van der Waals surface area (Å²) in [6, 6.07) is 0. The van der Waals surface area contributed by atoms with Crippen molar-refractivity contribution in [2.45, 2.75) is 26.2 Å². The molecule has 0 saturated heterocycles. The fraction of sp³-hybridized carbons (Fsp3) is 0.556. The number of rotatable bonds is 4. The van der Waals surface area contributed by atoms with Crippen molar-refractivity contribution >= 4 is 0 Å². The summed E-state index contributed by atoms with van der Waals surface area (Å²) in [4.78, 5) is 8.26. The van der Waals surface area contributed by atoms with Crippen molar-refractivity contribution < 1.29 is 4.74 Å². The molecule has 1 rings (SSSR count). The Morgan fingerprint density at radius 2 is 2.25 bits per heavy atom. The van der Waals surface area contributed by atoms with Crippen molar-refractivity contribution in [1.82, 2.24) is 9.97 Å². The molecular formula is C9H14N2O. The van der Waals surface area contributed by atoms with Gasteiger partial charge < -0.3 is 4.74 Å². The topological polar surface area (TPSA) is 35.0 Å². The maximum atomic E-state index is 4.96. The highest BCUT2D eigenvalue weighted by molar-refractivity contribution is 5.07. The minimum atomic E-state index is 0.601. The normalized spacial score (nSPS) is 9.83. The van der Waals surface area contributed by atoms with Gasteiger partial charge in [0.25, 0.3) is 0 Å². The molecule has 0 saturated carbocycles. The van der Waals surface area contributed by atoms with Gasteiger partial charge in [0.2, 0.25) is 5.88 Å². The molecule has 0 spiro atoms. The Labute approximate surface area is 72.8 Å². The summed E-state index contributed by atoms with van der Waals surface area (Å²) in [5.74, 6) is 0.601. The summed E-state index contributed by atoms with van der Waals surface area (Å²) < 4.78 is 4.96. The van der Waals surface area contributed by atoms with Crippen LogP contribution in [0.1, 0.15) is 25.5 Å². The monoisotopic (exact) mass is 166 g/mol. The van der Waals surface area contributed by atoms with E-state index in [-0.39, 0.29) is 0 Å². The second-order valence-electron chi connectivity index (χ2n) is 2.66. The van der Waals surface area contributed by atoms with Crippen LogP contribution >= 0.6 is 0 Å². The molecule has 0 fully saturated rings. The zero-order chi connectivity index (χ0) is 8.81. The molecule has 0 aliphatic rings. The number of hydrogen-bond donors (Lipinski definition) is 0. The van der Waals surface area contributed by atoms with E-state index in [9.17, 15) is 0 Å². The molecule has 0 unspecified atom stereocenters. The molecule has 0 atom stereocenters. The standard InChI is InChI=1S/C9H14N2O/c1-3-4-5-8-6-10-7-9(11-8)12-2/h6-7H,3-5H2,1-2H3. The maximum Gasteiger partial charge on any atom is 0.232 e. The van der Waals surface area contributed by atoms with Crippen LogP contribution in [0.2, 0.25) is 0 Å². The zero-order valence-electron chi connectivity index (χ0n) is 7.58. The lowest BCUT2D eigenvalue weighted by atomic mass is 10.2. The van der Waals surface area contributed by atoms with E-state index >= 15 is 0 Å². The van der Waals surface area contributed by atoms with Crippen molar-refractivity contribution in [3.8, 4) is 5.88 Å². The van der Waals surface area contributed by atoms with E-state index in [1.807, 2.05) is 0 Å². The third kappa shape index (κ3) is 2.49. The van der Waals surface area contributed by atoms with Crippen molar-refractivity contribution in [3.63, 3.8) is 0 Å². The maximum absolute atomic E-state index is 4.96. The van der Waals surface area contributed by atoms with E-state index in [4.69, 9.17) is 4.74 Å². The van der Waals surface area contributed by atoms with E-state index in [0.717, 1.165) is 18.5 Å². The second-order valence-corrected chi connectivity index (χ2v) is 2.66. The molecule has 1 aromatic rings. The summed E-state index contributed by atoms with van der Waals surface area (Å²) in [7, 11) is 1.60. The van der Waals surface area contributed by atoms with Crippen molar-refractivity contribution in [3.05, 3.63) is 18.1 Å². The number of unbranched alkanes of at least 4 members (excludes halogenated alkanes) is 1. The first-order valence-corrected chi connectivity index (χ1v) is 4.21. The Morgan fingerprint density at radius 1 is 1.42 bits per heavy atom. The minimum absolute atomic E-state index is 0.601. The van der Waals surface area contributed by atoms with Gasteiger partial charge in [0.05, 0.1) is 19.0 Å². The van der Waals surface area contributed by atoms with Crippen LogP contribution in [-0.4, -0.2) is 17.1 Å². The van der Waals surface area contributed by atoms with Gasteiger partial charge in [-0.25, -0.2) is 4.98 Å². The van der Waals surface area contributed by atoms with Gasteiger partial charge in [0, 0.05) is 6.20 Å². The largest absolute Gasteiger partial charge is 0.480 e. The number of methoxy groups -OCH3 is 1. The molecule has 3 nitrogen and oxygen atoms in total. The molecule has 1 aromatic heterocycles. The number of hydrogen-bond acceptors (Lipinski definition) is 3. The Balaban J connectivity index is 2.60. The predicted molar refractivity (Wildman–Crippen MR) is 47.2 cm³/mol. The Kier molecular flexibility index (Phi) is 3.51. The first-order valence-electron chi connectivity index (χ1n) is 4.21. The molecule has 12 heavy (non-hydrogen) atoms. The Bertz CT molecular complexity index is 238. The summed E-state index contributed by atoms with van der Waals surface area (Å²) in [6.07, 6.45) is 6.73. The van der Waals surface area contributed by atoms with Crippen LogP contribution in [0.15, 0.2) is 12.4 Å². The average molecular weight is 166 g/mol. The Hall–Kier alpha value is -1.12. The molecule has 0 N–H and O–H groups in total. The van der Waals surface area contributed by atoms with Gasteiger partial charge in [-0.15, -0.1) is 0 Å². The Morgan fingerprint density at radius 3 is 2.92 bits per heavy atom. The van der Waals surface area contributed by atoms with Gasteiger partial charge in [0.15, 0.2) is 0 Å². The van der Waals surface area contributed by atoms with Gasteiger partial charge in [-0.05, 0) is 12.8 Å². The van der Waals surface area contributed by atoms with E-state index in [0.29, 0.717) is 5.88 Å². The SMILES string of the molecule is CCCCc1cncc(OC)n1. The zero-order valence-corrected chi connectivity index (χ0v) is 7.58. The van der Waals surface area contributed by atoms with Crippen LogP contribution in [0.3, 0.4) is 0 Å². The third-order valence-corrected chi connectivity index (χ3v) is 1.66. The molecular weight excluding hydrogens is 152 g/mol. The van der Waals surface area contributed by atoms with Gasteiger partial charge >= 0.3 is 0 Å². The summed E-state index contributed by atoms with van der Waals surface area (Å²) in [5.41, 5.74) is 1.01. The average Bonchev–Trinajstić information content (AvgIpc) is 2.15. The number of nitrogens with zero attached hydrogens (tertiary/aromatic N) is 2. The number of aryl methyl sites for hydroxylation is 1. The fourth-order valence-corrected chi connectivity index (χ4v) is 0.963. The van der Waals surface area contributed by atoms with Gasteiger partial charge in [0.1, 0.15) is 0 Å². The van der Waals surface area contributed by atoms with Crippen molar-refractivity contribution in [1.29, 1.82) is 0 Å². The molecule has 0 aromatic carbocycles. The first-order chi connectivity index (χ1) is 5.86. The molecule has 0 aliphatic carbocycles. The van der Waals surface area contributed by atoms with Crippen LogP contribution in [0.5, 0.6) is 5.88 Å². The predicted octanol–water partition coefficient (Wildman–Crippen LogP) is 1.83. The van der Waals surface area contributed by atoms with Crippen molar-refractivity contribution in [2.24, 2.45) is 0 Å². The summed E-state index contributed by atoms with van der Waals surface area (Å²) >= 11 is 0. The van der Waals surface area contributed by atoms with Crippen LogP contribution in [0, 0.1) is 0 Å². The molecule has 66 valence electrons. The second kappa shape index (κ2) is 4.70. The number of ether oxygens (including phenoxy) is 1. The molecule has 0 aliphatic heterocycles. The molecule has 3 heteroatoms. The van der Waals surface area contributed by atoms with E-state index in [1.54, 1.807) is 19.5 Å². The lowest BCUT2D eigenvalue weighted by molar-refractivity contribution is 0.393. The van der Waals surface area contributed by atoms with Gasteiger partial charge in [-0.3, -0.25) is 4.98 Å². The lowest BCUT2D eigenvalue weighted by Gasteiger charge is -2.00.